The highest BCUT2D eigenvalue weighted by molar-refractivity contribution is 14.1. The molecule has 0 aliphatic heterocycles. The normalized spacial score (nSPS) is 11.2. The lowest BCUT2D eigenvalue weighted by Gasteiger charge is -2.16. The lowest BCUT2D eigenvalue weighted by Crippen LogP contribution is -2.19. The fourth-order valence-corrected chi connectivity index (χ4v) is 3.26. The highest BCUT2D eigenvalue weighted by Crippen LogP contribution is 2.19. The Balaban J connectivity index is 1.92. The van der Waals surface area contributed by atoms with E-state index in [9.17, 15) is 13.2 Å². The van der Waals surface area contributed by atoms with E-state index >= 15 is 0 Å². The van der Waals surface area contributed by atoms with E-state index in [4.69, 9.17) is 4.18 Å². The summed E-state index contributed by atoms with van der Waals surface area (Å²) in [4.78, 5) is 10.8. The number of hydrogen-bond acceptors (Lipinski definition) is 5. The lowest BCUT2D eigenvalue weighted by atomic mass is 10.2. The van der Waals surface area contributed by atoms with E-state index in [0.717, 1.165) is 17.5 Å². The molecule has 0 spiro atoms. The fraction of sp³-hybridized carbons (Fsp3) is 0.188. The van der Waals surface area contributed by atoms with Gasteiger partial charge >= 0.3 is 0 Å². The van der Waals surface area contributed by atoms with Crippen LogP contribution in [0, 0.1) is 6.92 Å². The number of carbonyl (C=O) groups is 1. The minimum Gasteiger partial charge on any atom is -0.312 e. The molecule has 0 heterocycles. The molecule has 0 N–H and O–H groups in total. The van der Waals surface area contributed by atoms with E-state index in [0.29, 0.717) is 12.1 Å². The van der Waals surface area contributed by atoms with Crippen LogP contribution in [0.15, 0.2) is 53.4 Å². The smallest absolute Gasteiger partial charge is 0.297 e. The molecule has 0 amide bonds. The number of anilines is 1. The number of aryl methyl sites for hydroxylation is 1. The average molecular weight is 445 g/mol. The first-order valence-corrected chi connectivity index (χ1v) is 9.24. The summed E-state index contributed by atoms with van der Waals surface area (Å²) in [6, 6.07) is 13.5. The van der Waals surface area contributed by atoms with Gasteiger partial charge < -0.3 is 3.11 Å². The Morgan fingerprint density at radius 2 is 1.70 bits per heavy atom. The van der Waals surface area contributed by atoms with E-state index in [1.807, 2.05) is 10.0 Å². The number of halogens is 1. The van der Waals surface area contributed by atoms with E-state index in [1.165, 1.54) is 12.1 Å². The predicted molar refractivity (Wildman–Crippen MR) is 97.5 cm³/mol. The molecule has 0 aromatic heterocycles. The van der Waals surface area contributed by atoms with Crippen LogP contribution in [0.1, 0.15) is 15.9 Å². The van der Waals surface area contributed by atoms with Crippen molar-refractivity contribution in [2.75, 3.05) is 16.3 Å². The van der Waals surface area contributed by atoms with Gasteiger partial charge in [0.05, 0.1) is 40.9 Å². The third-order valence-electron chi connectivity index (χ3n) is 3.15. The Morgan fingerprint density at radius 1 is 1.09 bits per heavy atom. The Hall–Kier alpha value is -1.45. The van der Waals surface area contributed by atoms with Crippen LogP contribution in [0.3, 0.4) is 0 Å². The summed E-state index contributed by atoms with van der Waals surface area (Å²) in [5.41, 5.74) is 2.45. The van der Waals surface area contributed by atoms with E-state index in [2.05, 4.69) is 22.9 Å². The second-order valence-corrected chi connectivity index (χ2v) is 7.66. The van der Waals surface area contributed by atoms with Gasteiger partial charge in [0.1, 0.15) is 6.29 Å². The van der Waals surface area contributed by atoms with Crippen molar-refractivity contribution in [3.05, 3.63) is 59.7 Å². The Bertz CT molecular complexity index is 758. The molecule has 7 heteroatoms. The van der Waals surface area contributed by atoms with Gasteiger partial charge in [0.2, 0.25) is 0 Å². The SMILES string of the molecule is Cc1ccc(S(=O)(=O)OCCN(I)c2ccc(C=O)cc2)cc1. The maximum atomic E-state index is 12.1. The van der Waals surface area contributed by atoms with Crippen LogP contribution in [0.5, 0.6) is 0 Å². The van der Waals surface area contributed by atoms with E-state index in [-0.39, 0.29) is 11.5 Å². The average Bonchev–Trinajstić information content (AvgIpc) is 2.55. The monoisotopic (exact) mass is 445 g/mol. The van der Waals surface area contributed by atoms with Crippen molar-refractivity contribution in [1.29, 1.82) is 0 Å². The molecule has 0 aliphatic carbocycles. The zero-order chi connectivity index (χ0) is 16.9. The van der Waals surface area contributed by atoms with Crippen LogP contribution >= 0.6 is 22.9 Å². The summed E-state index contributed by atoms with van der Waals surface area (Å²) < 4.78 is 31.0. The molecular formula is C16H16INO4S. The highest BCUT2D eigenvalue weighted by Gasteiger charge is 2.15. The van der Waals surface area contributed by atoms with Crippen LogP contribution in [-0.4, -0.2) is 27.9 Å². The number of carbonyl (C=O) groups excluding carboxylic acids is 1. The van der Waals surface area contributed by atoms with Crippen molar-refractivity contribution < 1.29 is 17.4 Å². The van der Waals surface area contributed by atoms with Gasteiger partial charge in [-0.15, -0.1) is 0 Å². The third-order valence-corrected chi connectivity index (χ3v) is 5.51. The topological polar surface area (TPSA) is 63.7 Å². The first-order valence-electron chi connectivity index (χ1n) is 6.87. The zero-order valence-electron chi connectivity index (χ0n) is 12.5. The maximum absolute atomic E-state index is 12.1. The summed E-state index contributed by atoms with van der Waals surface area (Å²) in [5.74, 6) is 0. The van der Waals surface area contributed by atoms with Crippen LogP contribution in [0.2, 0.25) is 0 Å². The Kier molecular flexibility index (Phi) is 6.14. The van der Waals surface area contributed by atoms with E-state index in [1.54, 1.807) is 36.4 Å². The molecule has 2 aromatic rings. The molecule has 23 heavy (non-hydrogen) atoms. The molecule has 0 atom stereocenters. The Morgan fingerprint density at radius 3 is 2.26 bits per heavy atom. The van der Waals surface area contributed by atoms with Crippen molar-refractivity contribution in [1.82, 2.24) is 0 Å². The first kappa shape index (κ1) is 17.9. The summed E-state index contributed by atoms with van der Waals surface area (Å²) in [6.07, 6.45) is 0.776. The highest BCUT2D eigenvalue weighted by atomic mass is 127. The Labute approximate surface area is 149 Å². The molecule has 0 saturated heterocycles. The molecular weight excluding hydrogens is 429 g/mol. The van der Waals surface area contributed by atoms with Crippen molar-refractivity contribution in [3.63, 3.8) is 0 Å². The fourth-order valence-electron chi connectivity index (χ4n) is 1.84. The minimum absolute atomic E-state index is 0.0363. The number of rotatable bonds is 7. The van der Waals surface area contributed by atoms with Crippen LogP contribution in [-0.2, 0) is 14.3 Å². The molecule has 0 bridgehead atoms. The maximum Gasteiger partial charge on any atom is 0.297 e. The second kappa shape index (κ2) is 7.89. The number of hydrogen-bond donors (Lipinski definition) is 0. The van der Waals surface area contributed by atoms with Gasteiger partial charge in [-0.1, -0.05) is 17.7 Å². The van der Waals surface area contributed by atoms with Crippen LogP contribution < -0.4 is 3.11 Å². The third kappa shape index (κ3) is 5.02. The molecule has 122 valence electrons. The molecule has 0 aliphatic rings. The predicted octanol–water partition coefficient (Wildman–Crippen LogP) is 3.37. The largest absolute Gasteiger partial charge is 0.312 e. The molecule has 0 radical (unpaired) electrons. The molecule has 2 rings (SSSR count). The van der Waals surface area contributed by atoms with Gasteiger partial charge in [-0.25, -0.2) is 0 Å². The summed E-state index contributed by atoms with van der Waals surface area (Å²) >= 11 is 2.07. The first-order chi connectivity index (χ1) is 10.9. The minimum atomic E-state index is -3.74. The molecule has 5 nitrogen and oxygen atoms in total. The van der Waals surface area contributed by atoms with Crippen molar-refractivity contribution in [2.24, 2.45) is 0 Å². The van der Waals surface area contributed by atoms with Gasteiger partial charge in [0.25, 0.3) is 10.1 Å². The van der Waals surface area contributed by atoms with Gasteiger partial charge in [-0.05, 0) is 43.3 Å². The molecule has 0 fully saturated rings. The summed E-state index contributed by atoms with van der Waals surface area (Å²) in [6.45, 7) is 2.32. The molecule has 2 aromatic carbocycles. The second-order valence-electron chi connectivity index (χ2n) is 4.88. The standard InChI is InChI=1S/C16H16INO4S/c1-13-2-8-16(9-3-13)23(20,21)22-11-10-18(17)15-6-4-14(12-19)5-7-15/h2-9,12H,10-11H2,1H3. The quantitative estimate of drug-likeness (QED) is 0.283. The number of benzene rings is 2. The van der Waals surface area contributed by atoms with Crippen molar-refractivity contribution in [2.45, 2.75) is 11.8 Å². The van der Waals surface area contributed by atoms with Gasteiger partial charge in [0.15, 0.2) is 0 Å². The summed E-state index contributed by atoms with van der Waals surface area (Å²) in [5, 5.41) is 0. The van der Waals surface area contributed by atoms with Crippen LogP contribution in [0.4, 0.5) is 5.69 Å². The van der Waals surface area contributed by atoms with E-state index < -0.39 is 10.1 Å². The van der Waals surface area contributed by atoms with Gasteiger partial charge in [0, 0.05) is 11.3 Å². The molecule has 0 unspecified atom stereocenters. The zero-order valence-corrected chi connectivity index (χ0v) is 15.5. The van der Waals surface area contributed by atoms with Crippen LogP contribution in [0.25, 0.3) is 0 Å². The number of aldehydes is 1. The van der Waals surface area contributed by atoms with Gasteiger partial charge in [-0.3, -0.25) is 8.98 Å². The summed E-state index contributed by atoms with van der Waals surface area (Å²) in [7, 11) is -3.74. The number of nitrogens with zero attached hydrogens (tertiary/aromatic N) is 1. The van der Waals surface area contributed by atoms with Gasteiger partial charge in [-0.2, -0.15) is 8.42 Å². The van der Waals surface area contributed by atoms with Crippen molar-refractivity contribution in [3.8, 4) is 0 Å². The van der Waals surface area contributed by atoms with Crippen molar-refractivity contribution >= 4 is 45.0 Å². The molecule has 0 saturated carbocycles. The lowest BCUT2D eigenvalue weighted by molar-refractivity contribution is 0.112.